The number of carbonyl (C=O) groups is 1. The van der Waals surface area contributed by atoms with Crippen molar-refractivity contribution in [2.24, 2.45) is 0 Å². The number of nitrogens with zero attached hydrogens (tertiary/aromatic N) is 1. The van der Waals surface area contributed by atoms with Gasteiger partial charge in [-0.05, 0) is 59.1 Å². The topological polar surface area (TPSA) is 48.0 Å². The molecule has 1 aromatic rings. The van der Waals surface area contributed by atoms with Crippen molar-refractivity contribution in [1.82, 2.24) is 4.90 Å². The van der Waals surface area contributed by atoms with Crippen LogP contribution in [0.5, 0.6) is 11.5 Å². The van der Waals surface area contributed by atoms with E-state index in [0.29, 0.717) is 13.2 Å². The summed E-state index contributed by atoms with van der Waals surface area (Å²) in [7, 11) is 0. The lowest BCUT2D eigenvalue weighted by molar-refractivity contribution is 0.0165. The van der Waals surface area contributed by atoms with Crippen molar-refractivity contribution in [1.29, 1.82) is 0 Å². The molecule has 148 valence electrons. The minimum Gasteiger partial charge on any atom is -0.490 e. The molecule has 1 saturated heterocycles. The molecule has 2 unspecified atom stereocenters. The number of hydrogen-bond donors (Lipinski definition) is 0. The molecule has 1 amide bonds. The zero-order chi connectivity index (χ0) is 19.4. The normalized spacial score (nSPS) is 21.6. The molecule has 2 atom stereocenters. The first-order valence-electron chi connectivity index (χ1n) is 9.93. The smallest absolute Gasteiger partial charge is 0.411 e. The lowest BCUT2D eigenvalue weighted by atomic mass is 9.99. The number of fused-ring (bicyclic) bond motifs is 2. The fourth-order valence-corrected chi connectivity index (χ4v) is 3.84. The van der Waals surface area contributed by atoms with Crippen LogP contribution in [-0.2, 0) is 4.74 Å². The number of hydrogen-bond acceptors (Lipinski definition) is 4. The molecule has 0 radical (unpaired) electrons. The molecule has 2 heterocycles. The lowest BCUT2D eigenvalue weighted by Gasteiger charge is -2.35. The highest BCUT2D eigenvalue weighted by molar-refractivity contribution is 5.70. The molecule has 0 aromatic heterocycles. The number of rotatable bonds is 6. The molecule has 0 N–H and O–H groups in total. The van der Waals surface area contributed by atoms with Gasteiger partial charge in [-0.1, -0.05) is 23.8 Å². The molecule has 5 heteroatoms. The van der Waals surface area contributed by atoms with Gasteiger partial charge in [0.25, 0.3) is 0 Å². The third kappa shape index (κ3) is 4.96. The Morgan fingerprint density at radius 1 is 1.15 bits per heavy atom. The minimum atomic E-state index is -0.456. The quantitative estimate of drug-likeness (QED) is 0.662. The van der Waals surface area contributed by atoms with Crippen molar-refractivity contribution >= 4 is 6.09 Å². The Morgan fingerprint density at radius 2 is 1.85 bits per heavy atom. The summed E-state index contributed by atoms with van der Waals surface area (Å²) >= 11 is 0. The van der Waals surface area contributed by atoms with Gasteiger partial charge >= 0.3 is 6.09 Å². The van der Waals surface area contributed by atoms with E-state index in [9.17, 15) is 4.79 Å². The van der Waals surface area contributed by atoms with Crippen molar-refractivity contribution in [2.45, 2.75) is 71.1 Å². The average Bonchev–Trinajstić information content (AvgIpc) is 2.86. The molecule has 3 rings (SSSR count). The van der Waals surface area contributed by atoms with Crippen LogP contribution in [0.25, 0.3) is 0 Å². The van der Waals surface area contributed by atoms with Gasteiger partial charge in [0, 0.05) is 12.5 Å². The van der Waals surface area contributed by atoms with Crippen molar-refractivity contribution in [3.8, 4) is 11.5 Å². The number of amides is 1. The van der Waals surface area contributed by atoms with E-state index in [1.165, 1.54) is 5.57 Å². The third-order valence-corrected chi connectivity index (χ3v) is 4.91. The Labute approximate surface area is 162 Å². The largest absolute Gasteiger partial charge is 0.490 e. The van der Waals surface area contributed by atoms with Crippen LogP contribution in [0, 0.1) is 0 Å². The van der Waals surface area contributed by atoms with Gasteiger partial charge in [-0.3, -0.25) is 4.90 Å². The summed E-state index contributed by atoms with van der Waals surface area (Å²) in [6.07, 6.45) is 5.89. The second-order valence-electron chi connectivity index (χ2n) is 8.19. The van der Waals surface area contributed by atoms with Crippen LogP contribution in [0.1, 0.15) is 53.4 Å². The molecule has 1 fully saturated rings. The standard InChI is InChI=1S/C22H31NO4/c1-5-25-19-8-6-7-9-20(19)26-13-12-16-14-17-10-11-18(15-16)23(17)21(24)27-22(2,3)4/h6-9,14,17-18H,5,10-13,15H2,1-4H3. The molecule has 5 nitrogen and oxygen atoms in total. The van der Waals surface area contributed by atoms with Crippen LogP contribution in [0.3, 0.4) is 0 Å². The number of benzene rings is 1. The molecule has 1 aromatic carbocycles. The van der Waals surface area contributed by atoms with Crippen LogP contribution in [-0.4, -0.2) is 41.9 Å². The Hall–Kier alpha value is -2.17. The van der Waals surface area contributed by atoms with Crippen molar-refractivity contribution < 1.29 is 19.0 Å². The number of para-hydroxylation sites is 2. The second-order valence-corrected chi connectivity index (χ2v) is 8.19. The fraction of sp³-hybridized carbons (Fsp3) is 0.591. The van der Waals surface area contributed by atoms with E-state index in [1.807, 2.05) is 56.9 Å². The molecule has 0 saturated carbocycles. The zero-order valence-corrected chi connectivity index (χ0v) is 16.9. The first kappa shape index (κ1) is 19.6. The molecule has 0 spiro atoms. The molecule has 2 bridgehead atoms. The monoisotopic (exact) mass is 373 g/mol. The molecule has 27 heavy (non-hydrogen) atoms. The Morgan fingerprint density at radius 3 is 2.48 bits per heavy atom. The Kier molecular flexibility index (Phi) is 5.98. The van der Waals surface area contributed by atoms with Crippen LogP contribution in [0.4, 0.5) is 4.79 Å². The molecular weight excluding hydrogens is 342 g/mol. The van der Waals surface area contributed by atoms with Gasteiger partial charge in [0.2, 0.25) is 0 Å². The summed E-state index contributed by atoms with van der Waals surface area (Å²) in [6, 6.07) is 8.18. The molecule has 2 aliphatic rings. The highest BCUT2D eigenvalue weighted by Gasteiger charge is 2.41. The van der Waals surface area contributed by atoms with Crippen molar-refractivity contribution in [3.63, 3.8) is 0 Å². The summed E-state index contributed by atoms with van der Waals surface area (Å²) < 4.78 is 17.1. The maximum atomic E-state index is 12.5. The second kappa shape index (κ2) is 8.24. The highest BCUT2D eigenvalue weighted by atomic mass is 16.6. The van der Waals surface area contributed by atoms with E-state index in [4.69, 9.17) is 14.2 Å². The van der Waals surface area contributed by atoms with Crippen LogP contribution < -0.4 is 9.47 Å². The first-order chi connectivity index (χ1) is 12.9. The van der Waals surface area contributed by atoms with Gasteiger partial charge in [-0.2, -0.15) is 0 Å². The summed E-state index contributed by atoms with van der Waals surface area (Å²) in [4.78, 5) is 14.4. The highest BCUT2D eigenvalue weighted by Crippen LogP contribution is 2.37. The SMILES string of the molecule is CCOc1ccccc1OCCC1=CC2CCC(C1)N2C(=O)OC(C)(C)C. The van der Waals surface area contributed by atoms with E-state index >= 15 is 0 Å². The predicted octanol–water partition coefficient (Wildman–Crippen LogP) is 4.95. The molecule has 2 aliphatic heterocycles. The summed E-state index contributed by atoms with van der Waals surface area (Å²) in [6.45, 7) is 8.94. The average molecular weight is 373 g/mol. The number of carbonyl (C=O) groups excluding carboxylic acids is 1. The van der Waals surface area contributed by atoms with Gasteiger partial charge in [-0.15, -0.1) is 0 Å². The van der Waals surface area contributed by atoms with E-state index in [0.717, 1.165) is 37.2 Å². The van der Waals surface area contributed by atoms with E-state index in [2.05, 4.69) is 6.08 Å². The van der Waals surface area contributed by atoms with Gasteiger partial charge in [0.1, 0.15) is 5.60 Å². The van der Waals surface area contributed by atoms with Crippen molar-refractivity contribution in [3.05, 3.63) is 35.9 Å². The Balaban J connectivity index is 1.56. The van der Waals surface area contributed by atoms with Gasteiger partial charge in [0.15, 0.2) is 11.5 Å². The van der Waals surface area contributed by atoms with Gasteiger partial charge in [-0.25, -0.2) is 4.79 Å². The third-order valence-electron chi connectivity index (χ3n) is 4.91. The summed E-state index contributed by atoms with van der Waals surface area (Å²) in [5, 5.41) is 0. The Bertz CT molecular complexity index is 692. The predicted molar refractivity (Wildman–Crippen MR) is 105 cm³/mol. The molecular formula is C22H31NO4. The van der Waals surface area contributed by atoms with Crippen LogP contribution in [0.15, 0.2) is 35.9 Å². The number of ether oxygens (including phenoxy) is 3. The van der Waals surface area contributed by atoms with Crippen LogP contribution in [0.2, 0.25) is 0 Å². The van der Waals surface area contributed by atoms with E-state index < -0.39 is 5.60 Å². The molecule has 0 aliphatic carbocycles. The lowest BCUT2D eigenvalue weighted by Crippen LogP contribution is -2.45. The van der Waals surface area contributed by atoms with Gasteiger partial charge < -0.3 is 14.2 Å². The fourth-order valence-electron chi connectivity index (χ4n) is 3.84. The minimum absolute atomic E-state index is 0.157. The van der Waals surface area contributed by atoms with Crippen molar-refractivity contribution in [2.75, 3.05) is 13.2 Å². The van der Waals surface area contributed by atoms with Crippen LogP contribution >= 0.6 is 0 Å². The summed E-state index contributed by atoms with van der Waals surface area (Å²) in [5.41, 5.74) is 0.915. The maximum Gasteiger partial charge on any atom is 0.411 e. The van der Waals surface area contributed by atoms with E-state index in [1.54, 1.807) is 0 Å². The van der Waals surface area contributed by atoms with E-state index in [-0.39, 0.29) is 18.2 Å². The van der Waals surface area contributed by atoms with Gasteiger partial charge in [0.05, 0.1) is 19.3 Å². The zero-order valence-electron chi connectivity index (χ0n) is 16.9. The maximum absolute atomic E-state index is 12.5. The summed E-state index contributed by atoms with van der Waals surface area (Å²) in [5.74, 6) is 1.57. The first-order valence-corrected chi connectivity index (χ1v) is 9.93.